The normalized spacial score (nSPS) is 10.7. The van der Waals surface area contributed by atoms with Crippen LogP contribution in [-0.4, -0.2) is 13.1 Å². The van der Waals surface area contributed by atoms with Crippen molar-refractivity contribution in [2.45, 2.75) is 32.6 Å². The number of hydrogen-bond donors (Lipinski definition) is 1. The van der Waals surface area contributed by atoms with Crippen molar-refractivity contribution in [3.8, 4) is 0 Å². The van der Waals surface area contributed by atoms with Gasteiger partial charge in [0.15, 0.2) is 0 Å². The summed E-state index contributed by atoms with van der Waals surface area (Å²) < 4.78 is 13.4. The Kier molecular flexibility index (Phi) is 6.43. The molecule has 0 aliphatic carbocycles. The van der Waals surface area contributed by atoms with Crippen LogP contribution in [0.5, 0.6) is 0 Å². The molecule has 1 N–H and O–H groups in total. The topological polar surface area (TPSA) is 12.0 Å². The number of benzene rings is 1. The first-order valence-corrected chi connectivity index (χ1v) is 6.26. The highest BCUT2D eigenvalue weighted by Gasteiger charge is 2.02. The van der Waals surface area contributed by atoms with E-state index in [0.29, 0.717) is 5.02 Å². The van der Waals surface area contributed by atoms with Gasteiger partial charge in [0, 0.05) is 5.02 Å². The summed E-state index contributed by atoms with van der Waals surface area (Å²) in [6.45, 7) is 4.23. The van der Waals surface area contributed by atoms with Crippen molar-refractivity contribution in [1.82, 2.24) is 5.32 Å². The minimum absolute atomic E-state index is 0.186. The van der Waals surface area contributed by atoms with Gasteiger partial charge in [-0.05, 0) is 56.5 Å². The molecule has 0 unspecified atom stereocenters. The lowest BCUT2D eigenvalue weighted by Crippen LogP contribution is -2.15. The van der Waals surface area contributed by atoms with Crippen LogP contribution in [0.2, 0.25) is 5.02 Å². The zero-order chi connectivity index (χ0) is 11.8. The molecule has 16 heavy (non-hydrogen) atoms. The Hall–Kier alpha value is -0.600. The lowest BCUT2D eigenvalue weighted by molar-refractivity contribution is 0.585. The van der Waals surface area contributed by atoms with Crippen LogP contribution in [0, 0.1) is 5.82 Å². The molecule has 0 aliphatic rings. The molecule has 3 heteroatoms. The second-order valence-corrected chi connectivity index (χ2v) is 4.38. The Balaban J connectivity index is 2.21. The lowest BCUT2D eigenvalue weighted by Gasteiger charge is -2.04. The first kappa shape index (κ1) is 13.5. The standard InChI is InChI=1S/C13H19ClFN/c1-2-8-16-9-4-3-5-11-6-7-12(14)10-13(11)15/h6-7,10,16H,2-5,8-9H2,1H3. The first-order chi connectivity index (χ1) is 7.74. The molecule has 90 valence electrons. The third-order valence-corrected chi connectivity index (χ3v) is 2.73. The average molecular weight is 244 g/mol. The largest absolute Gasteiger partial charge is 0.317 e. The number of hydrogen-bond acceptors (Lipinski definition) is 1. The van der Waals surface area contributed by atoms with E-state index in [0.717, 1.165) is 44.3 Å². The molecule has 0 atom stereocenters. The van der Waals surface area contributed by atoms with Crippen molar-refractivity contribution in [1.29, 1.82) is 0 Å². The molecule has 0 saturated carbocycles. The molecule has 1 aromatic rings. The van der Waals surface area contributed by atoms with Crippen molar-refractivity contribution < 1.29 is 4.39 Å². The second kappa shape index (κ2) is 7.64. The van der Waals surface area contributed by atoms with Gasteiger partial charge >= 0.3 is 0 Å². The molecule has 0 aliphatic heterocycles. The molecule has 0 fully saturated rings. The van der Waals surface area contributed by atoms with Crippen LogP contribution in [0.25, 0.3) is 0 Å². The lowest BCUT2D eigenvalue weighted by atomic mass is 10.1. The SMILES string of the molecule is CCCNCCCCc1ccc(Cl)cc1F. The molecule has 0 radical (unpaired) electrons. The van der Waals surface area contributed by atoms with Gasteiger partial charge in [-0.3, -0.25) is 0 Å². The Morgan fingerprint density at radius 3 is 2.75 bits per heavy atom. The van der Waals surface area contributed by atoms with Crippen LogP contribution < -0.4 is 5.32 Å². The number of rotatable bonds is 7. The van der Waals surface area contributed by atoms with Crippen LogP contribution in [0.1, 0.15) is 31.7 Å². The zero-order valence-electron chi connectivity index (χ0n) is 9.73. The number of aryl methyl sites for hydroxylation is 1. The van der Waals surface area contributed by atoms with Crippen molar-refractivity contribution in [3.63, 3.8) is 0 Å². The van der Waals surface area contributed by atoms with Crippen LogP contribution in [0.4, 0.5) is 4.39 Å². The van der Waals surface area contributed by atoms with Crippen LogP contribution in [0.15, 0.2) is 18.2 Å². The minimum atomic E-state index is -0.186. The molecular formula is C13H19ClFN. The molecule has 0 saturated heterocycles. The Labute approximate surface area is 102 Å². The highest BCUT2D eigenvalue weighted by molar-refractivity contribution is 6.30. The van der Waals surface area contributed by atoms with E-state index < -0.39 is 0 Å². The van der Waals surface area contributed by atoms with Gasteiger partial charge in [-0.25, -0.2) is 4.39 Å². The number of nitrogens with one attached hydrogen (secondary N) is 1. The van der Waals surface area contributed by atoms with Gasteiger partial charge in [-0.1, -0.05) is 24.6 Å². The molecule has 0 spiro atoms. The van der Waals surface area contributed by atoms with Gasteiger partial charge in [-0.2, -0.15) is 0 Å². The van der Waals surface area contributed by atoms with E-state index in [4.69, 9.17) is 11.6 Å². The van der Waals surface area contributed by atoms with Gasteiger partial charge in [0.05, 0.1) is 0 Å². The van der Waals surface area contributed by atoms with E-state index in [1.807, 2.05) is 0 Å². The maximum absolute atomic E-state index is 13.4. The predicted octanol–water partition coefficient (Wildman–Crippen LogP) is 3.80. The average Bonchev–Trinajstić information content (AvgIpc) is 2.26. The second-order valence-electron chi connectivity index (χ2n) is 3.94. The van der Waals surface area contributed by atoms with Crippen molar-refractivity contribution in [3.05, 3.63) is 34.6 Å². The van der Waals surface area contributed by atoms with Gasteiger partial charge < -0.3 is 5.32 Å². The van der Waals surface area contributed by atoms with Gasteiger partial charge in [0.1, 0.15) is 5.82 Å². The maximum Gasteiger partial charge on any atom is 0.127 e. The molecule has 0 aromatic heterocycles. The summed E-state index contributed by atoms with van der Waals surface area (Å²) in [7, 11) is 0. The minimum Gasteiger partial charge on any atom is -0.317 e. The van der Waals surface area contributed by atoms with Gasteiger partial charge in [-0.15, -0.1) is 0 Å². The Morgan fingerprint density at radius 1 is 1.25 bits per heavy atom. The molecule has 0 amide bonds. The fourth-order valence-electron chi connectivity index (χ4n) is 1.59. The van der Waals surface area contributed by atoms with Crippen molar-refractivity contribution in [2.24, 2.45) is 0 Å². The van der Waals surface area contributed by atoms with Crippen LogP contribution in [0.3, 0.4) is 0 Å². The fraction of sp³-hybridized carbons (Fsp3) is 0.538. The summed E-state index contributed by atoms with van der Waals surface area (Å²) in [5.41, 5.74) is 0.764. The van der Waals surface area contributed by atoms with Crippen LogP contribution >= 0.6 is 11.6 Å². The summed E-state index contributed by atoms with van der Waals surface area (Å²) in [4.78, 5) is 0. The number of halogens is 2. The third kappa shape index (κ3) is 4.95. The molecule has 1 rings (SSSR count). The maximum atomic E-state index is 13.4. The van der Waals surface area contributed by atoms with E-state index in [1.54, 1.807) is 12.1 Å². The molecule has 1 nitrogen and oxygen atoms in total. The molecule has 0 bridgehead atoms. The third-order valence-electron chi connectivity index (χ3n) is 2.49. The Morgan fingerprint density at radius 2 is 2.06 bits per heavy atom. The van der Waals surface area contributed by atoms with E-state index >= 15 is 0 Å². The molecule has 1 aromatic carbocycles. The van der Waals surface area contributed by atoms with Gasteiger partial charge in [0.2, 0.25) is 0 Å². The van der Waals surface area contributed by atoms with E-state index in [1.165, 1.54) is 6.07 Å². The first-order valence-electron chi connectivity index (χ1n) is 5.88. The van der Waals surface area contributed by atoms with Crippen molar-refractivity contribution >= 4 is 11.6 Å². The fourth-order valence-corrected chi connectivity index (χ4v) is 1.75. The summed E-state index contributed by atoms with van der Waals surface area (Å²) in [5, 5.41) is 3.79. The molecule has 0 heterocycles. The summed E-state index contributed by atoms with van der Waals surface area (Å²) in [6, 6.07) is 4.90. The van der Waals surface area contributed by atoms with Gasteiger partial charge in [0.25, 0.3) is 0 Å². The summed E-state index contributed by atoms with van der Waals surface area (Å²) >= 11 is 5.69. The number of unbranched alkanes of at least 4 members (excludes halogenated alkanes) is 1. The van der Waals surface area contributed by atoms with E-state index in [9.17, 15) is 4.39 Å². The van der Waals surface area contributed by atoms with E-state index in [2.05, 4.69) is 12.2 Å². The quantitative estimate of drug-likeness (QED) is 0.719. The predicted molar refractivity (Wildman–Crippen MR) is 67.5 cm³/mol. The van der Waals surface area contributed by atoms with E-state index in [-0.39, 0.29) is 5.82 Å². The van der Waals surface area contributed by atoms with Crippen molar-refractivity contribution in [2.75, 3.05) is 13.1 Å². The summed E-state index contributed by atoms with van der Waals surface area (Å²) in [6.07, 6.45) is 4.04. The zero-order valence-corrected chi connectivity index (χ0v) is 10.5. The smallest absolute Gasteiger partial charge is 0.127 e. The van der Waals surface area contributed by atoms with Crippen LogP contribution in [-0.2, 0) is 6.42 Å². The monoisotopic (exact) mass is 243 g/mol. The molecular weight excluding hydrogens is 225 g/mol. The summed E-state index contributed by atoms with van der Waals surface area (Å²) in [5.74, 6) is -0.186. The Bertz CT molecular complexity index is 315. The highest BCUT2D eigenvalue weighted by atomic mass is 35.5. The highest BCUT2D eigenvalue weighted by Crippen LogP contribution is 2.16.